The highest BCUT2D eigenvalue weighted by atomic mass is 32.1. The predicted molar refractivity (Wildman–Crippen MR) is 182 cm³/mol. The Balaban J connectivity index is 1.54. The Bertz CT molecular complexity index is 1420. The van der Waals surface area contributed by atoms with Crippen molar-refractivity contribution in [3.63, 3.8) is 0 Å². The summed E-state index contributed by atoms with van der Waals surface area (Å²) in [7, 11) is 2.34. The first-order chi connectivity index (χ1) is 20.8. The van der Waals surface area contributed by atoms with Crippen LogP contribution in [0.5, 0.6) is 11.5 Å². The fraction of sp³-hybridized carbons (Fsp3) is 0.368. The third-order valence-electron chi connectivity index (χ3n) is 9.11. The van der Waals surface area contributed by atoms with Crippen molar-refractivity contribution in [1.82, 2.24) is 0 Å². The second kappa shape index (κ2) is 14.2. The van der Waals surface area contributed by atoms with Crippen LogP contribution in [0.2, 0.25) is 0 Å². The minimum absolute atomic E-state index is 0.589. The second-order valence-electron chi connectivity index (χ2n) is 11.7. The average Bonchev–Trinajstić information content (AvgIpc) is 3.08. The zero-order chi connectivity index (χ0) is 28.7. The normalized spacial score (nSPS) is 17.9. The maximum atomic E-state index is 6.09. The van der Waals surface area contributed by atoms with Crippen LogP contribution in [0.15, 0.2) is 91.0 Å². The molecular formula is C38H43O2P2. The summed E-state index contributed by atoms with van der Waals surface area (Å²) in [6.07, 6.45) is 13.4. The fourth-order valence-corrected chi connectivity index (χ4v) is 16.3. The summed E-state index contributed by atoms with van der Waals surface area (Å²) < 4.78 is 12.0. The van der Waals surface area contributed by atoms with Gasteiger partial charge in [0.05, 0.1) is 14.2 Å². The van der Waals surface area contributed by atoms with Crippen molar-refractivity contribution < 1.29 is 9.47 Å². The van der Waals surface area contributed by atoms with Crippen LogP contribution >= 0.6 is 15.2 Å². The molecule has 4 aromatic carbocycles. The highest BCUT2D eigenvalue weighted by Gasteiger charge is 2.36. The first-order valence-corrected chi connectivity index (χ1v) is 19.2. The van der Waals surface area contributed by atoms with Gasteiger partial charge in [0, 0.05) is 11.1 Å². The molecule has 2 atom stereocenters. The molecule has 1 radical (unpaired) electrons. The maximum absolute atomic E-state index is 6.09. The van der Waals surface area contributed by atoms with Crippen LogP contribution in [0.3, 0.4) is 0 Å². The molecule has 0 aliphatic heterocycles. The van der Waals surface area contributed by atoms with E-state index in [9.17, 15) is 0 Å². The van der Waals surface area contributed by atoms with E-state index < -0.39 is 15.2 Å². The molecule has 0 saturated heterocycles. The van der Waals surface area contributed by atoms with Crippen molar-refractivity contribution in [3.05, 3.63) is 103 Å². The van der Waals surface area contributed by atoms with Crippen molar-refractivity contribution in [1.29, 1.82) is 0 Å². The van der Waals surface area contributed by atoms with Crippen LogP contribution < -0.4 is 25.4 Å². The first-order valence-electron chi connectivity index (χ1n) is 15.7. The first kappa shape index (κ1) is 29.4. The van der Waals surface area contributed by atoms with Gasteiger partial charge in [0.2, 0.25) is 0 Å². The van der Waals surface area contributed by atoms with Gasteiger partial charge in [0.25, 0.3) is 0 Å². The number of ether oxygens (including phenoxy) is 2. The molecule has 0 N–H and O–H groups in total. The van der Waals surface area contributed by atoms with Gasteiger partial charge in [-0.05, 0) is 92.2 Å². The Morgan fingerprint density at radius 2 is 1.26 bits per heavy atom. The standard InChI is InChI=1S/C38H43O2P2/c1-39-35-22-13-12-21-34(35)38-36(40-2)23-14-24-37(38)42(32-19-10-5-11-20-32)41(31-17-8-4-9-18-31)33-27-25-30(26-28-33)29-15-6-3-7-16-29/h4,8-9,12-14,17-18,22-29,32H,3,5-7,10-11,15-16,19-20H2,1-2H3/t41-,42?/m1/s1. The molecule has 0 spiro atoms. The van der Waals surface area contributed by atoms with E-state index in [1.165, 1.54) is 85.7 Å². The SMILES string of the molecule is COc1ccc[c]c1-c1c(OC)cccc1P(C1CCCCC1)[P@](c1ccccc1)c1ccc(C2CCCCC2)cc1. The molecular weight excluding hydrogens is 550 g/mol. The Kier molecular flexibility index (Phi) is 9.95. The van der Waals surface area contributed by atoms with Gasteiger partial charge in [-0.2, -0.15) is 0 Å². The van der Waals surface area contributed by atoms with Crippen LogP contribution in [-0.2, 0) is 0 Å². The van der Waals surface area contributed by atoms with Gasteiger partial charge in [-0.15, -0.1) is 0 Å². The summed E-state index contributed by atoms with van der Waals surface area (Å²) >= 11 is 0. The molecule has 0 bridgehead atoms. The Morgan fingerprint density at radius 3 is 1.95 bits per heavy atom. The zero-order valence-corrected chi connectivity index (χ0v) is 26.9. The van der Waals surface area contributed by atoms with Gasteiger partial charge in [0.1, 0.15) is 11.5 Å². The van der Waals surface area contributed by atoms with Gasteiger partial charge in [0.15, 0.2) is 0 Å². The van der Waals surface area contributed by atoms with E-state index in [1.807, 2.05) is 12.1 Å². The molecule has 217 valence electrons. The van der Waals surface area contributed by atoms with E-state index in [1.54, 1.807) is 14.2 Å². The number of methoxy groups -OCH3 is 2. The van der Waals surface area contributed by atoms with Crippen molar-refractivity contribution in [2.75, 3.05) is 14.2 Å². The number of hydrogen-bond acceptors (Lipinski definition) is 2. The van der Waals surface area contributed by atoms with E-state index in [-0.39, 0.29) is 0 Å². The molecule has 4 aromatic rings. The Hall–Kier alpha value is -2.66. The lowest BCUT2D eigenvalue weighted by atomic mass is 9.84. The van der Waals surface area contributed by atoms with Gasteiger partial charge < -0.3 is 9.47 Å². The molecule has 2 nitrogen and oxygen atoms in total. The van der Waals surface area contributed by atoms with Gasteiger partial charge >= 0.3 is 0 Å². The summed E-state index contributed by atoms with van der Waals surface area (Å²) in [5.74, 6) is 2.48. The molecule has 4 heteroatoms. The van der Waals surface area contributed by atoms with E-state index in [4.69, 9.17) is 9.47 Å². The number of rotatable bonds is 9. The zero-order valence-electron chi connectivity index (χ0n) is 25.1. The number of hydrogen-bond donors (Lipinski definition) is 0. The second-order valence-corrected chi connectivity index (χ2v) is 17.7. The van der Waals surface area contributed by atoms with Crippen molar-refractivity contribution in [2.45, 2.75) is 75.8 Å². The van der Waals surface area contributed by atoms with Crippen LogP contribution in [0.4, 0.5) is 0 Å². The lowest BCUT2D eigenvalue weighted by Gasteiger charge is -2.39. The smallest absolute Gasteiger partial charge is 0.127 e. The molecule has 0 heterocycles. The minimum atomic E-state index is -0.627. The highest BCUT2D eigenvalue weighted by molar-refractivity contribution is 8.39. The quantitative estimate of drug-likeness (QED) is 0.180. The monoisotopic (exact) mass is 593 g/mol. The van der Waals surface area contributed by atoms with Crippen molar-refractivity contribution in [3.8, 4) is 22.6 Å². The summed E-state index contributed by atoms with van der Waals surface area (Å²) in [6, 6.07) is 37.6. The Morgan fingerprint density at radius 1 is 0.619 bits per heavy atom. The molecule has 2 saturated carbocycles. The van der Waals surface area contributed by atoms with Gasteiger partial charge in [-0.3, -0.25) is 0 Å². The minimum Gasteiger partial charge on any atom is -0.496 e. The summed E-state index contributed by atoms with van der Waals surface area (Å²) in [5, 5.41) is 4.42. The van der Waals surface area contributed by atoms with E-state index in [0.717, 1.165) is 28.5 Å². The maximum Gasteiger partial charge on any atom is 0.127 e. The highest BCUT2D eigenvalue weighted by Crippen LogP contribution is 2.72. The van der Waals surface area contributed by atoms with Gasteiger partial charge in [-0.25, -0.2) is 0 Å². The van der Waals surface area contributed by atoms with E-state index in [0.29, 0.717) is 5.66 Å². The van der Waals surface area contributed by atoms with Crippen LogP contribution in [0.1, 0.15) is 75.7 Å². The summed E-state index contributed by atoms with van der Waals surface area (Å²) in [4.78, 5) is 0. The summed E-state index contributed by atoms with van der Waals surface area (Å²) in [6.45, 7) is 0. The molecule has 2 fully saturated rings. The number of benzene rings is 4. The Labute approximate surface area is 255 Å². The molecule has 1 unspecified atom stereocenters. The average molecular weight is 594 g/mol. The van der Waals surface area contributed by atoms with Crippen molar-refractivity contribution in [2.24, 2.45) is 0 Å². The molecule has 0 aromatic heterocycles. The topological polar surface area (TPSA) is 18.5 Å². The van der Waals surface area contributed by atoms with Crippen LogP contribution in [0, 0.1) is 6.07 Å². The van der Waals surface area contributed by atoms with E-state index in [2.05, 4.69) is 84.9 Å². The molecule has 42 heavy (non-hydrogen) atoms. The van der Waals surface area contributed by atoms with Crippen molar-refractivity contribution >= 4 is 31.1 Å². The van der Waals surface area contributed by atoms with Crippen LogP contribution in [0.25, 0.3) is 11.1 Å². The predicted octanol–water partition coefficient (Wildman–Crippen LogP) is 9.71. The third-order valence-corrected chi connectivity index (χ3v) is 17.5. The molecule has 2 aliphatic carbocycles. The molecule has 6 rings (SSSR count). The largest absolute Gasteiger partial charge is 0.496 e. The van der Waals surface area contributed by atoms with E-state index >= 15 is 0 Å². The third kappa shape index (κ3) is 6.32. The molecule has 2 aliphatic rings. The summed E-state index contributed by atoms with van der Waals surface area (Å²) in [5.41, 5.74) is 4.37. The van der Waals surface area contributed by atoms with Gasteiger partial charge in [-0.1, -0.05) is 117 Å². The lowest BCUT2D eigenvalue weighted by Crippen LogP contribution is -2.24. The van der Waals surface area contributed by atoms with Crippen LogP contribution in [-0.4, -0.2) is 19.9 Å². The lowest BCUT2D eigenvalue weighted by molar-refractivity contribution is 0.410. The molecule has 0 amide bonds. The fourth-order valence-electron chi connectivity index (χ4n) is 7.00.